The molecule has 2 aliphatic carbocycles. The Labute approximate surface area is 347 Å². The molecule has 0 bridgehead atoms. The van der Waals surface area contributed by atoms with Gasteiger partial charge >= 0.3 is 0 Å². The monoisotopic (exact) mass is 767 g/mol. The lowest BCUT2D eigenvalue weighted by Crippen LogP contribution is -2.52. The normalized spacial score (nSPS) is 25.3. The minimum Gasteiger partial charge on any atom is -0.330 e. The molecule has 0 heterocycles. The maximum Gasteiger partial charge on any atom is -0.00773 e. The number of unbranched alkanes of at least 4 members (excludes halogenated alkanes) is 23. The van der Waals surface area contributed by atoms with E-state index in [0.717, 1.165) is 60.4 Å². The van der Waals surface area contributed by atoms with Crippen LogP contribution >= 0.6 is 0 Å². The first kappa shape index (κ1) is 50.5. The Morgan fingerprint density at radius 1 is 0.345 bits per heavy atom. The van der Waals surface area contributed by atoms with Gasteiger partial charge in [0.1, 0.15) is 0 Å². The van der Waals surface area contributed by atoms with Gasteiger partial charge in [-0.15, -0.1) is 0 Å². The highest BCUT2D eigenvalue weighted by molar-refractivity contribution is 5.12. The van der Waals surface area contributed by atoms with E-state index < -0.39 is 0 Å². The summed E-state index contributed by atoms with van der Waals surface area (Å²) in [5.41, 5.74) is 11.9. The third-order valence-corrected chi connectivity index (χ3v) is 14.6. The third-order valence-electron chi connectivity index (χ3n) is 14.6. The number of nitrogens with two attached hydrogens (primary N) is 2. The van der Waals surface area contributed by atoms with Crippen LogP contribution in [0, 0.1) is 47.3 Å². The molecule has 0 spiro atoms. The van der Waals surface area contributed by atoms with Crippen LogP contribution in [0.3, 0.4) is 0 Å². The van der Waals surface area contributed by atoms with Crippen LogP contribution in [-0.4, -0.2) is 13.1 Å². The zero-order valence-electron chi connectivity index (χ0n) is 38.2. The largest absolute Gasteiger partial charge is 0.330 e. The first-order chi connectivity index (χ1) is 27.2. The van der Waals surface area contributed by atoms with Crippen LogP contribution in [0.1, 0.15) is 252 Å². The molecule has 8 atom stereocenters. The van der Waals surface area contributed by atoms with Gasteiger partial charge in [0, 0.05) is 0 Å². The molecule has 8 unspecified atom stereocenters. The van der Waals surface area contributed by atoms with Crippen molar-refractivity contribution in [2.75, 3.05) is 13.1 Å². The van der Waals surface area contributed by atoms with Gasteiger partial charge in [0.15, 0.2) is 0 Å². The summed E-state index contributed by atoms with van der Waals surface area (Å²) in [5, 5.41) is 0. The van der Waals surface area contributed by atoms with E-state index >= 15 is 0 Å². The van der Waals surface area contributed by atoms with Crippen molar-refractivity contribution in [3.8, 4) is 0 Å². The summed E-state index contributed by atoms with van der Waals surface area (Å²) >= 11 is 0. The van der Waals surface area contributed by atoms with Crippen molar-refractivity contribution < 1.29 is 0 Å². The Kier molecular flexibility index (Phi) is 32.5. The summed E-state index contributed by atoms with van der Waals surface area (Å²) in [4.78, 5) is 0. The second-order valence-corrected chi connectivity index (χ2v) is 19.0. The predicted molar refractivity (Wildman–Crippen MR) is 249 cm³/mol. The van der Waals surface area contributed by atoms with E-state index in [-0.39, 0.29) is 0 Å². The molecular formula is C53H102N2. The van der Waals surface area contributed by atoms with Crippen molar-refractivity contribution in [1.82, 2.24) is 0 Å². The van der Waals surface area contributed by atoms with Gasteiger partial charge in [0.2, 0.25) is 0 Å². The quantitative estimate of drug-likeness (QED) is 0.0486. The van der Waals surface area contributed by atoms with E-state index in [1.54, 1.807) is 0 Å². The Morgan fingerprint density at radius 3 is 1.15 bits per heavy atom. The van der Waals surface area contributed by atoms with Crippen LogP contribution in [0.5, 0.6) is 0 Å². The van der Waals surface area contributed by atoms with Gasteiger partial charge in [-0.1, -0.05) is 213 Å². The first-order valence-corrected chi connectivity index (χ1v) is 25.9. The molecule has 0 amide bonds. The molecule has 2 rings (SSSR count). The van der Waals surface area contributed by atoms with Crippen molar-refractivity contribution in [1.29, 1.82) is 0 Å². The fraction of sp³-hybridized carbons (Fsp3) is 0.925. The summed E-state index contributed by atoms with van der Waals surface area (Å²) in [6.07, 6.45) is 60.1. The average Bonchev–Trinajstić information content (AvgIpc) is 3.19. The predicted octanol–water partition coefficient (Wildman–Crippen LogP) is 16.7. The molecule has 0 saturated heterocycles. The molecule has 0 aliphatic heterocycles. The molecular weight excluding hydrogens is 665 g/mol. The summed E-state index contributed by atoms with van der Waals surface area (Å²) in [5.74, 6) is 7.03. The highest BCUT2D eigenvalue weighted by Crippen LogP contribution is 2.60. The molecule has 4 N–H and O–H groups in total. The average molecular weight is 767 g/mol. The van der Waals surface area contributed by atoms with Crippen molar-refractivity contribution in [2.45, 2.75) is 252 Å². The lowest BCUT2D eigenvalue weighted by atomic mass is 9.47. The van der Waals surface area contributed by atoms with Gasteiger partial charge in [-0.3, -0.25) is 0 Å². The Balaban J connectivity index is 2.56. The standard InChI is InChI=1S/C53H102N2/c1-5-9-13-17-22-29-37-47-43-42-46(36-28-21-15-11-7-3)52-50(40-30-16-12-8-4)48(38-31-23-18-14-10-6-2)49(39-32-24-19-26-34-44-54)51(53(47)52)41-33-25-20-27-35-45-55/h23,31,42-43,46-53H,5-22,24-30,32-41,44-45,54-55H2,1-4H3/b31-23+. The van der Waals surface area contributed by atoms with Crippen LogP contribution in [0.2, 0.25) is 0 Å². The SMILES string of the molecule is CCCCC/C=C/CC1C(CCCCCCCN)C(CCCCCCCN)C2C(CCCCCCCC)C=CC(CCCCCCC)C2C1CCCCCC. The van der Waals surface area contributed by atoms with E-state index in [2.05, 4.69) is 52.0 Å². The van der Waals surface area contributed by atoms with Crippen molar-refractivity contribution in [3.05, 3.63) is 24.3 Å². The summed E-state index contributed by atoms with van der Waals surface area (Å²) in [6.45, 7) is 11.2. The Hall–Kier alpha value is -0.600. The van der Waals surface area contributed by atoms with E-state index in [1.165, 1.54) is 225 Å². The second kappa shape index (κ2) is 35.4. The summed E-state index contributed by atoms with van der Waals surface area (Å²) in [6, 6.07) is 0. The molecule has 0 aromatic rings. The van der Waals surface area contributed by atoms with Gasteiger partial charge < -0.3 is 11.5 Å². The number of allylic oxidation sites excluding steroid dienone is 4. The lowest BCUT2D eigenvalue weighted by Gasteiger charge is -2.58. The summed E-state index contributed by atoms with van der Waals surface area (Å²) < 4.78 is 0. The molecule has 1 saturated carbocycles. The van der Waals surface area contributed by atoms with E-state index in [0.29, 0.717) is 0 Å². The van der Waals surface area contributed by atoms with Gasteiger partial charge in [-0.25, -0.2) is 0 Å². The van der Waals surface area contributed by atoms with Crippen LogP contribution in [-0.2, 0) is 0 Å². The number of fused-ring (bicyclic) bond motifs is 1. The van der Waals surface area contributed by atoms with E-state index in [1.807, 2.05) is 0 Å². The number of hydrogen-bond acceptors (Lipinski definition) is 2. The minimum absolute atomic E-state index is 0.809. The molecule has 0 aromatic carbocycles. The van der Waals surface area contributed by atoms with Gasteiger partial charge in [-0.2, -0.15) is 0 Å². The van der Waals surface area contributed by atoms with Crippen LogP contribution in [0.4, 0.5) is 0 Å². The first-order valence-electron chi connectivity index (χ1n) is 25.9. The maximum atomic E-state index is 5.93. The molecule has 324 valence electrons. The van der Waals surface area contributed by atoms with Gasteiger partial charge in [0.05, 0.1) is 0 Å². The topological polar surface area (TPSA) is 52.0 Å². The summed E-state index contributed by atoms with van der Waals surface area (Å²) in [7, 11) is 0. The van der Waals surface area contributed by atoms with Crippen molar-refractivity contribution in [3.63, 3.8) is 0 Å². The maximum absolute atomic E-state index is 5.93. The van der Waals surface area contributed by atoms with Crippen LogP contribution < -0.4 is 11.5 Å². The third kappa shape index (κ3) is 21.3. The van der Waals surface area contributed by atoms with Gasteiger partial charge in [-0.05, 0) is 125 Å². The van der Waals surface area contributed by atoms with E-state index in [4.69, 9.17) is 11.5 Å². The molecule has 2 nitrogen and oxygen atoms in total. The van der Waals surface area contributed by atoms with Gasteiger partial charge in [0.25, 0.3) is 0 Å². The van der Waals surface area contributed by atoms with Crippen molar-refractivity contribution >= 4 is 0 Å². The van der Waals surface area contributed by atoms with Crippen LogP contribution in [0.15, 0.2) is 24.3 Å². The Morgan fingerprint density at radius 2 is 0.691 bits per heavy atom. The fourth-order valence-electron chi connectivity index (χ4n) is 11.6. The molecule has 0 radical (unpaired) electrons. The zero-order chi connectivity index (χ0) is 39.6. The second-order valence-electron chi connectivity index (χ2n) is 19.0. The molecule has 1 fully saturated rings. The number of rotatable bonds is 38. The fourth-order valence-corrected chi connectivity index (χ4v) is 11.6. The molecule has 0 aromatic heterocycles. The molecule has 2 heteroatoms. The highest BCUT2D eigenvalue weighted by atomic mass is 14.6. The number of hydrogen-bond donors (Lipinski definition) is 2. The molecule has 55 heavy (non-hydrogen) atoms. The zero-order valence-corrected chi connectivity index (χ0v) is 38.2. The van der Waals surface area contributed by atoms with E-state index in [9.17, 15) is 0 Å². The molecule has 2 aliphatic rings. The smallest absolute Gasteiger partial charge is 0.00773 e. The highest BCUT2D eigenvalue weighted by Gasteiger charge is 2.53. The minimum atomic E-state index is 0.809. The van der Waals surface area contributed by atoms with Crippen molar-refractivity contribution in [2.24, 2.45) is 58.8 Å². The lowest BCUT2D eigenvalue weighted by molar-refractivity contribution is -0.0764. The Bertz CT molecular complexity index is 878. The van der Waals surface area contributed by atoms with Crippen LogP contribution in [0.25, 0.3) is 0 Å².